The second-order valence-corrected chi connectivity index (χ2v) is 5.41. The number of hydrogen-bond acceptors (Lipinski definition) is 6. The molecule has 0 spiro atoms. The van der Waals surface area contributed by atoms with E-state index in [1.165, 1.54) is 19.6 Å². The lowest BCUT2D eigenvalue weighted by Crippen LogP contribution is -2.21. The normalized spacial score (nSPS) is 10.3. The van der Waals surface area contributed by atoms with Gasteiger partial charge in [0.2, 0.25) is 0 Å². The molecule has 2 aromatic heterocycles. The minimum atomic E-state index is -0.480. The lowest BCUT2D eigenvalue weighted by atomic mass is 10.0. The summed E-state index contributed by atoms with van der Waals surface area (Å²) >= 11 is 0. The van der Waals surface area contributed by atoms with E-state index in [9.17, 15) is 9.59 Å². The highest BCUT2D eigenvalue weighted by Gasteiger charge is 2.20. The number of fused-ring (bicyclic) bond motifs is 1. The highest BCUT2D eigenvalue weighted by molar-refractivity contribution is 6.08. The van der Waals surface area contributed by atoms with Gasteiger partial charge in [0.05, 0.1) is 23.3 Å². The highest BCUT2D eigenvalue weighted by atomic mass is 16.5. The van der Waals surface area contributed by atoms with E-state index in [4.69, 9.17) is 10.00 Å². The van der Waals surface area contributed by atoms with Crippen LogP contribution in [0.3, 0.4) is 0 Å². The number of nitrogens with zero attached hydrogens (tertiary/aromatic N) is 4. The summed E-state index contributed by atoms with van der Waals surface area (Å²) in [6, 6.07) is 6.70. The fourth-order valence-corrected chi connectivity index (χ4v) is 2.59. The zero-order chi connectivity index (χ0) is 18.7. The molecule has 26 heavy (non-hydrogen) atoms. The lowest BCUT2D eigenvalue weighted by Gasteiger charge is -2.09. The fourth-order valence-electron chi connectivity index (χ4n) is 2.59. The van der Waals surface area contributed by atoms with Gasteiger partial charge in [0.15, 0.2) is 6.19 Å². The van der Waals surface area contributed by atoms with Gasteiger partial charge < -0.3 is 9.72 Å². The first kappa shape index (κ1) is 17.1. The van der Waals surface area contributed by atoms with Gasteiger partial charge in [-0.25, -0.2) is 19.7 Å². The first-order valence-electron chi connectivity index (χ1n) is 7.84. The van der Waals surface area contributed by atoms with E-state index in [2.05, 4.69) is 15.0 Å². The number of carbonyl (C=O) groups excluding carboxylic acids is 2. The Kier molecular flexibility index (Phi) is 4.62. The number of ether oxygens (including phenoxy) is 1. The molecule has 0 aliphatic heterocycles. The van der Waals surface area contributed by atoms with Gasteiger partial charge >= 0.3 is 5.97 Å². The van der Waals surface area contributed by atoms with Crippen LogP contribution in [0.1, 0.15) is 27.6 Å². The number of amides is 1. The number of carbonyl (C=O) groups is 2. The molecule has 0 radical (unpaired) electrons. The molecule has 1 aromatic carbocycles. The summed E-state index contributed by atoms with van der Waals surface area (Å²) in [6.45, 7) is 1.98. The summed E-state index contributed by atoms with van der Waals surface area (Å²) in [5.41, 5.74) is 2.27. The quantitative estimate of drug-likeness (QED) is 0.439. The largest absolute Gasteiger partial charge is 0.462 e. The minimum absolute atomic E-state index is 0.249. The molecule has 8 nitrogen and oxygen atoms in total. The van der Waals surface area contributed by atoms with Gasteiger partial charge in [0.25, 0.3) is 5.91 Å². The zero-order valence-electron chi connectivity index (χ0n) is 14.2. The summed E-state index contributed by atoms with van der Waals surface area (Å²) in [7, 11) is 1.39. The Morgan fingerprint density at radius 2 is 2.15 bits per heavy atom. The third kappa shape index (κ3) is 2.98. The average Bonchev–Trinajstić information content (AvgIpc) is 3.11. The van der Waals surface area contributed by atoms with Gasteiger partial charge in [-0.1, -0.05) is 12.1 Å². The van der Waals surface area contributed by atoms with Gasteiger partial charge in [0.1, 0.15) is 12.0 Å². The monoisotopic (exact) mass is 349 g/mol. The topological polar surface area (TPSA) is 112 Å². The van der Waals surface area contributed by atoms with Crippen molar-refractivity contribution in [3.8, 4) is 17.5 Å². The van der Waals surface area contributed by atoms with Crippen molar-refractivity contribution in [1.82, 2.24) is 19.9 Å². The summed E-state index contributed by atoms with van der Waals surface area (Å²) in [6.07, 6.45) is 4.68. The van der Waals surface area contributed by atoms with Crippen LogP contribution in [0.2, 0.25) is 0 Å². The lowest BCUT2D eigenvalue weighted by molar-refractivity contribution is 0.0528. The molecule has 0 bridgehead atoms. The molecule has 0 saturated carbocycles. The van der Waals surface area contributed by atoms with Crippen LogP contribution in [0, 0.1) is 11.5 Å². The van der Waals surface area contributed by atoms with Crippen LogP contribution in [0.5, 0.6) is 0 Å². The molecule has 1 amide bonds. The maximum absolute atomic E-state index is 12.2. The summed E-state index contributed by atoms with van der Waals surface area (Å²) in [5, 5.41) is 9.41. The van der Waals surface area contributed by atoms with Crippen LogP contribution in [-0.4, -0.2) is 45.4 Å². The highest BCUT2D eigenvalue weighted by Crippen LogP contribution is 2.29. The Labute approximate surface area is 149 Å². The van der Waals surface area contributed by atoms with Crippen molar-refractivity contribution in [3.05, 3.63) is 47.9 Å². The van der Waals surface area contributed by atoms with E-state index in [-0.39, 0.29) is 6.61 Å². The molecule has 130 valence electrons. The molecule has 0 fully saturated rings. The Balaban J connectivity index is 2.14. The van der Waals surface area contributed by atoms with E-state index >= 15 is 0 Å². The van der Waals surface area contributed by atoms with Crippen LogP contribution >= 0.6 is 0 Å². The van der Waals surface area contributed by atoms with E-state index in [1.807, 2.05) is 0 Å². The number of esters is 1. The molecule has 1 N–H and O–H groups in total. The Bertz CT molecular complexity index is 1030. The standard InChI is InChI=1S/C18H15N5O3/c1-3-26-18(25)13-8-20-16-14(13)15(21-10-22-16)11-5-4-6-12(7-11)17(24)23(2)9-19/h4-8,10H,3H2,1-2H3,(H,20,21,22). The third-order valence-electron chi connectivity index (χ3n) is 3.80. The van der Waals surface area contributed by atoms with Crippen molar-refractivity contribution >= 4 is 22.9 Å². The molecule has 0 aliphatic carbocycles. The van der Waals surface area contributed by atoms with Crippen molar-refractivity contribution in [1.29, 1.82) is 5.26 Å². The first-order valence-corrected chi connectivity index (χ1v) is 7.84. The number of rotatable bonds is 4. The molecule has 2 heterocycles. The van der Waals surface area contributed by atoms with Gasteiger partial charge in [-0.3, -0.25) is 4.79 Å². The van der Waals surface area contributed by atoms with E-state index in [0.717, 1.165) is 4.90 Å². The third-order valence-corrected chi connectivity index (χ3v) is 3.80. The molecular weight excluding hydrogens is 334 g/mol. The Hall–Kier alpha value is -3.73. The SMILES string of the molecule is CCOC(=O)c1c[nH]c2ncnc(-c3cccc(C(=O)N(C)C#N)c3)c12. The number of hydrogen-bond donors (Lipinski definition) is 1. The molecule has 0 aliphatic rings. The van der Waals surface area contributed by atoms with Crippen molar-refractivity contribution in [2.24, 2.45) is 0 Å². The average molecular weight is 349 g/mol. The van der Waals surface area contributed by atoms with Crippen LogP contribution in [0.25, 0.3) is 22.3 Å². The van der Waals surface area contributed by atoms with Gasteiger partial charge in [-0.05, 0) is 19.1 Å². The van der Waals surface area contributed by atoms with Crippen molar-refractivity contribution in [2.75, 3.05) is 13.7 Å². The molecular formula is C18H15N5O3. The van der Waals surface area contributed by atoms with Crippen LogP contribution in [-0.2, 0) is 4.74 Å². The second-order valence-electron chi connectivity index (χ2n) is 5.41. The van der Waals surface area contributed by atoms with E-state index in [1.54, 1.807) is 37.4 Å². The van der Waals surface area contributed by atoms with Gasteiger partial charge in [-0.15, -0.1) is 0 Å². The summed E-state index contributed by atoms with van der Waals surface area (Å²) < 4.78 is 5.08. The number of aromatic nitrogens is 3. The van der Waals surface area contributed by atoms with Crippen LogP contribution in [0.4, 0.5) is 0 Å². The number of nitrogens with one attached hydrogen (secondary N) is 1. The molecule has 3 rings (SSSR count). The van der Waals surface area contributed by atoms with Gasteiger partial charge in [0, 0.05) is 24.4 Å². The molecule has 0 unspecified atom stereocenters. The van der Waals surface area contributed by atoms with Crippen LogP contribution in [0.15, 0.2) is 36.8 Å². The Morgan fingerprint density at radius 1 is 1.35 bits per heavy atom. The van der Waals surface area contributed by atoms with Crippen molar-refractivity contribution in [2.45, 2.75) is 6.92 Å². The molecule has 8 heteroatoms. The number of benzene rings is 1. The van der Waals surface area contributed by atoms with Gasteiger partial charge in [-0.2, -0.15) is 5.26 Å². The second kappa shape index (κ2) is 7.03. The minimum Gasteiger partial charge on any atom is -0.462 e. The maximum atomic E-state index is 12.2. The molecule has 0 saturated heterocycles. The molecule has 3 aromatic rings. The first-order chi connectivity index (χ1) is 12.6. The predicted octanol–water partition coefficient (Wildman–Crippen LogP) is 2.35. The smallest absolute Gasteiger partial charge is 0.340 e. The zero-order valence-corrected chi connectivity index (χ0v) is 14.2. The maximum Gasteiger partial charge on any atom is 0.340 e. The van der Waals surface area contributed by atoms with E-state index < -0.39 is 11.9 Å². The number of nitriles is 1. The Morgan fingerprint density at radius 3 is 2.88 bits per heavy atom. The van der Waals surface area contributed by atoms with Crippen molar-refractivity contribution < 1.29 is 14.3 Å². The summed E-state index contributed by atoms with van der Waals surface area (Å²) in [4.78, 5) is 36.7. The number of H-pyrrole nitrogens is 1. The van der Waals surface area contributed by atoms with E-state index in [0.29, 0.717) is 33.4 Å². The van der Waals surface area contributed by atoms with Crippen molar-refractivity contribution in [3.63, 3.8) is 0 Å². The number of aromatic amines is 1. The van der Waals surface area contributed by atoms with Crippen LogP contribution < -0.4 is 0 Å². The predicted molar refractivity (Wildman–Crippen MR) is 93.0 cm³/mol. The molecule has 0 atom stereocenters. The fraction of sp³-hybridized carbons (Fsp3) is 0.167. The summed E-state index contributed by atoms with van der Waals surface area (Å²) in [5.74, 6) is -0.912.